The van der Waals surface area contributed by atoms with Crippen LogP contribution in [0.3, 0.4) is 0 Å². The van der Waals surface area contributed by atoms with E-state index in [2.05, 4.69) is 0 Å². The van der Waals surface area contributed by atoms with Gasteiger partial charge in [0.2, 0.25) is 11.5 Å². The number of carbonyl (C=O) groups is 3. The van der Waals surface area contributed by atoms with Gasteiger partial charge in [-0.1, -0.05) is 0 Å². The lowest BCUT2D eigenvalue weighted by molar-refractivity contribution is -0.385. The summed E-state index contributed by atoms with van der Waals surface area (Å²) in [5.41, 5.74) is 0.875. The molecule has 3 aliphatic carbocycles. The zero-order chi connectivity index (χ0) is 27.0. The van der Waals surface area contributed by atoms with Crippen LogP contribution in [0.2, 0.25) is 0 Å². The van der Waals surface area contributed by atoms with Crippen LogP contribution in [0.4, 0.5) is 11.4 Å². The molecule has 6 N–H and O–H groups in total. The Morgan fingerprint density at radius 2 is 1.81 bits per heavy atom. The number of rotatable bonds is 4. The van der Waals surface area contributed by atoms with E-state index < -0.39 is 74.4 Å². The van der Waals surface area contributed by atoms with Crippen LogP contribution >= 0.6 is 0 Å². The summed E-state index contributed by atoms with van der Waals surface area (Å²) >= 11 is 0. The van der Waals surface area contributed by atoms with E-state index in [1.54, 1.807) is 19.0 Å². The molecule has 1 aromatic carbocycles. The molecule has 4 rings (SSSR count). The van der Waals surface area contributed by atoms with Gasteiger partial charge in [-0.05, 0) is 38.4 Å². The number of carbonyl (C=O) groups excluding carboxylic acids is 3. The summed E-state index contributed by atoms with van der Waals surface area (Å²) in [5.74, 6) is -8.16. The highest BCUT2D eigenvalue weighted by molar-refractivity contribution is 6.24. The minimum Gasteiger partial charge on any atom is -0.508 e. The average molecular weight is 502 g/mol. The van der Waals surface area contributed by atoms with E-state index in [4.69, 9.17) is 5.73 Å². The Morgan fingerprint density at radius 3 is 2.31 bits per heavy atom. The van der Waals surface area contributed by atoms with E-state index in [1.165, 1.54) is 19.0 Å². The molecule has 192 valence electrons. The monoisotopic (exact) mass is 502 g/mol. The maximum atomic E-state index is 13.8. The number of aliphatic hydroxyl groups is 3. The highest BCUT2D eigenvalue weighted by Crippen LogP contribution is 2.54. The third kappa shape index (κ3) is 3.12. The summed E-state index contributed by atoms with van der Waals surface area (Å²) in [6.45, 7) is 0. The lowest BCUT2D eigenvalue weighted by Crippen LogP contribution is -2.65. The molecule has 0 bridgehead atoms. The predicted molar refractivity (Wildman–Crippen MR) is 125 cm³/mol. The molecule has 0 spiro atoms. The zero-order valence-corrected chi connectivity index (χ0v) is 20.0. The molecule has 0 aromatic heterocycles. The zero-order valence-electron chi connectivity index (χ0n) is 20.0. The minimum absolute atomic E-state index is 0.0353. The van der Waals surface area contributed by atoms with E-state index in [9.17, 15) is 44.9 Å². The number of Topliss-reactive ketones (excluding diaryl/α,β-unsaturated/α-hetero) is 2. The number of likely N-dealkylation sites (N-methyl/N-ethyl adjacent to an activating group) is 1. The molecule has 0 saturated heterocycles. The molecule has 4 unspecified atom stereocenters. The number of anilines is 1. The number of hydrogen-bond donors (Lipinski definition) is 5. The first-order chi connectivity index (χ1) is 16.7. The van der Waals surface area contributed by atoms with Gasteiger partial charge in [-0.25, -0.2) is 0 Å². The van der Waals surface area contributed by atoms with E-state index in [0.717, 1.165) is 6.07 Å². The van der Waals surface area contributed by atoms with Crippen LogP contribution in [-0.2, 0) is 20.8 Å². The van der Waals surface area contributed by atoms with Crippen LogP contribution in [-0.4, -0.2) is 87.6 Å². The number of primary amides is 1. The lowest BCUT2D eigenvalue weighted by Gasteiger charge is -2.50. The first kappa shape index (κ1) is 25.1. The molecule has 1 saturated carbocycles. The van der Waals surface area contributed by atoms with Crippen LogP contribution in [0.5, 0.6) is 5.75 Å². The number of benzene rings is 1. The number of ketones is 2. The Balaban J connectivity index is 2.03. The number of phenolic OH excluding ortho intramolecular Hbond substituents is 1. The van der Waals surface area contributed by atoms with Crippen molar-refractivity contribution in [1.82, 2.24) is 4.90 Å². The fourth-order valence-corrected chi connectivity index (χ4v) is 5.82. The van der Waals surface area contributed by atoms with Crippen molar-refractivity contribution >= 4 is 34.6 Å². The molecule has 0 heterocycles. The Morgan fingerprint density at radius 1 is 1.19 bits per heavy atom. The summed E-state index contributed by atoms with van der Waals surface area (Å²) in [5, 5.41) is 55.8. The van der Waals surface area contributed by atoms with Crippen molar-refractivity contribution in [3.63, 3.8) is 0 Å². The van der Waals surface area contributed by atoms with Crippen molar-refractivity contribution < 1.29 is 39.7 Å². The maximum Gasteiger partial charge on any atom is 0.313 e. The van der Waals surface area contributed by atoms with E-state index in [1.807, 2.05) is 0 Å². The lowest BCUT2D eigenvalue weighted by atomic mass is 9.57. The van der Waals surface area contributed by atoms with Crippen LogP contribution in [0.25, 0.3) is 5.76 Å². The number of phenols is 1. The second-order valence-corrected chi connectivity index (χ2v) is 9.73. The molecular weight excluding hydrogens is 476 g/mol. The number of aromatic hydroxyl groups is 1. The molecule has 13 heteroatoms. The molecule has 1 amide bonds. The SMILES string of the molecule is CN(C)c1cc([N+](=O)[O-])c(O)c2c1CC1CC3C(N(C)C)C(=O)C(C(N)=O)=C(O)C3(O)C(=O)C1=C2O. The van der Waals surface area contributed by atoms with Gasteiger partial charge in [-0.3, -0.25) is 29.4 Å². The maximum absolute atomic E-state index is 13.8. The fourth-order valence-electron chi connectivity index (χ4n) is 5.82. The fraction of sp³-hybridized carbons (Fsp3) is 0.435. The smallest absolute Gasteiger partial charge is 0.313 e. The molecule has 4 atom stereocenters. The van der Waals surface area contributed by atoms with Crippen LogP contribution in [0, 0.1) is 22.0 Å². The molecule has 1 aromatic rings. The average Bonchev–Trinajstić information content (AvgIpc) is 2.75. The molecule has 1 fully saturated rings. The van der Waals surface area contributed by atoms with Crippen molar-refractivity contribution in [2.24, 2.45) is 17.6 Å². The topological polar surface area (TPSA) is 208 Å². The van der Waals surface area contributed by atoms with Gasteiger partial charge in [-0.2, -0.15) is 0 Å². The van der Waals surface area contributed by atoms with E-state index in [-0.39, 0.29) is 24.0 Å². The highest BCUT2D eigenvalue weighted by atomic mass is 16.6. The quantitative estimate of drug-likeness (QED) is 0.209. The van der Waals surface area contributed by atoms with Crippen molar-refractivity contribution in [2.45, 2.75) is 24.5 Å². The highest BCUT2D eigenvalue weighted by Gasteiger charge is 2.64. The summed E-state index contributed by atoms with van der Waals surface area (Å²) < 4.78 is 0. The summed E-state index contributed by atoms with van der Waals surface area (Å²) in [6, 6.07) is -0.0329. The Bertz CT molecular complexity index is 1310. The van der Waals surface area contributed by atoms with Crippen molar-refractivity contribution in [3.05, 3.63) is 44.2 Å². The normalized spacial score (nSPS) is 27.6. The number of aliphatic hydroxyl groups excluding tert-OH is 2. The second kappa shape index (κ2) is 8.03. The van der Waals surface area contributed by atoms with Gasteiger partial charge in [-0.15, -0.1) is 0 Å². The van der Waals surface area contributed by atoms with Crippen molar-refractivity contribution in [3.8, 4) is 5.75 Å². The number of nitrogens with zero attached hydrogens (tertiary/aromatic N) is 3. The Labute approximate surface area is 204 Å². The minimum atomic E-state index is -2.77. The third-order valence-electron chi connectivity index (χ3n) is 7.36. The molecular formula is C23H26N4O9. The molecule has 36 heavy (non-hydrogen) atoms. The number of fused-ring (bicyclic) bond motifs is 3. The Hall–Kier alpha value is -3.97. The Kier molecular flexibility index (Phi) is 5.61. The van der Waals surface area contributed by atoms with Crippen LogP contribution in [0.15, 0.2) is 23.0 Å². The summed E-state index contributed by atoms with van der Waals surface area (Å²) in [6.07, 6.45) is -0.0377. The van der Waals surface area contributed by atoms with Gasteiger partial charge in [0, 0.05) is 37.3 Å². The number of nitrogens with two attached hydrogens (primary N) is 1. The number of nitro benzene ring substituents is 1. The van der Waals surface area contributed by atoms with Crippen molar-refractivity contribution in [2.75, 3.05) is 33.1 Å². The number of amides is 1. The number of hydrogen-bond acceptors (Lipinski definition) is 11. The first-order valence-corrected chi connectivity index (χ1v) is 11.0. The summed E-state index contributed by atoms with van der Waals surface area (Å²) in [7, 11) is 6.25. The van der Waals surface area contributed by atoms with Crippen LogP contribution in [0.1, 0.15) is 17.5 Å². The second-order valence-electron chi connectivity index (χ2n) is 9.73. The molecule has 0 radical (unpaired) electrons. The standard InChI is InChI=1S/C23H26N4O9/c1-25(2)11-7-12(27(35)36)17(28)14-9(11)5-8-6-10-16(26(3)4)19(30)15(22(24)33)21(32)23(10,34)20(31)13(8)18(14)29/h7-8,10,16,28-29,32,34H,5-6H2,1-4H3,(H2,24,33). The van der Waals surface area contributed by atoms with Crippen molar-refractivity contribution in [1.29, 1.82) is 0 Å². The van der Waals surface area contributed by atoms with Gasteiger partial charge in [0.15, 0.2) is 11.4 Å². The van der Waals surface area contributed by atoms with Gasteiger partial charge in [0.1, 0.15) is 17.1 Å². The third-order valence-corrected chi connectivity index (χ3v) is 7.36. The molecule has 0 aliphatic heterocycles. The van der Waals surface area contributed by atoms with Gasteiger partial charge < -0.3 is 31.1 Å². The largest absolute Gasteiger partial charge is 0.508 e. The predicted octanol–water partition coefficient (Wildman–Crippen LogP) is -0.0618. The van der Waals surface area contributed by atoms with Gasteiger partial charge >= 0.3 is 5.69 Å². The van der Waals surface area contributed by atoms with Gasteiger partial charge in [0.25, 0.3) is 5.91 Å². The van der Waals surface area contributed by atoms with Crippen LogP contribution < -0.4 is 10.6 Å². The van der Waals surface area contributed by atoms with E-state index in [0.29, 0.717) is 11.3 Å². The van der Waals surface area contributed by atoms with Gasteiger partial charge in [0.05, 0.1) is 16.5 Å². The number of nitro groups is 1. The molecule has 3 aliphatic rings. The first-order valence-electron chi connectivity index (χ1n) is 11.0. The summed E-state index contributed by atoms with van der Waals surface area (Å²) in [4.78, 5) is 52.5. The van der Waals surface area contributed by atoms with E-state index >= 15 is 0 Å². The molecule has 13 nitrogen and oxygen atoms in total.